The highest BCUT2D eigenvalue weighted by Crippen LogP contribution is 2.34. The maximum atomic E-state index is 14.1. The van der Waals surface area contributed by atoms with Crippen LogP contribution in [0.4, 0.5) is 25.1 Å². The van der Waals surface area contributed by atoms with E-state index in [9.17, 15) is 13.6 Å². The average molecular weight is 556 g/mol. The SMILES string of the molecule is Cc1ccc(Cc2nc(N3CCCN(C(=O)Nc4ccc(F)cc4F)CC3)c3c(-c4cccnc4)noc3n2)cc1. The first-order valence-corrected chi connectivity index (χ1v) is 13.3. The lowest BCUT2D eigenvalue weighted by atomic mass is 10.1. The zero-order valence-electron chi connectivity index (χ0n) is 22.3. The van der Waals surface area contributed by atoms with Gasteiger partial charge in [-0.1, -0.05) is 35.0 Å². The molecular weight excluding hydrogens is 528 g/mol. The van der Waals surface area contributed by atoms with Crippen LogP contribution < -0.4 is 10.2 Å². The number of hydrogen-bond acceptors (Lipinski definition) is 7. The molecule has 41 heavy (non-hydrogen) atoms. The summed E-state index contributed by atoms with van der Waals surface area (Å²) in [6, 6.07) is 14.5. The van der Waals surface area contributed by atoms with E-state index in [0.29, 0.717) is 67.5 Å². The number of benzene rings is 2. The van der Waals surface area contributed by atoms with E-state index in [-0.39, 0.29) is 5.69 Å². The Morgan fingerprint density at radius 1 is 1.02 bits per heavy atom. The van der Waals surface area contributed by atoms with Crippen molar-refractivity contribution in [3.63, 3.8) is 0 Å². The van der Waals surface area contributed by atoms with Crippen molar-refractivity contribution in [1.29, 1.82) is 0 Å². The molecule has 1 fully saturated rings. The fourth-order valence-electron chi connectivity index (χ4n) is 4.89. The molecule has 6 rings (SSSR count). The summed E-state index contributed by atoms with van der Waals surface area (Å²) < 4.78 is 33.1. The van der Waals surface area contributed by atoms with Crippen LogP contribution in [0, 0.1) is 18.6 Å². The lowest BCUT2D eigenvalue weighted by molar-refractivity contribution is 0.215. The van der Waals surface area contributed by atoms with Crippen molar-refractivity contribution < 1.29 is 18.1 Å². The van der Waals surface area contributed by atoms with Gasteiger partial charge in [0.15, 0.2) is 0 Å². The number of carbonyl (C=O) groups excluding carboxylic acids is 1. The van der Waals surface area contributed by atoms with Crippen LogP contribution in [0.3, 0.4) is 0 Å². The zero-order valence-corrected chi connectivity index (χ0v) is 22.3. The fraction of sp³-hybridized carbons (Fsp3) is 0.233. The third-order valence-electron chi connectivity index (χ3n) is 7.04. The minimum Gasteiger partial charge on any atom is -0.354 e. The number of carbonyl (C=O) groups is 1. The molecule has 1 saturated heterocycles. The number of nitrogens with one attached hydrogen (secondary N) is 1. The molecule has 1 aliphatic heterocycles. The summed E-state index contributed by atoms with van der Waals surface area (Å²) in [6.45, 7) is 3.93. The van der Waals surface area contributed by atoms with Gasteiger partial charge in [0.25, 0.3) is 5.71 Å². The van der Waals surface area contributed by atoms with Crippen molar-refractivity contribution in [2.45, 2.75) is 19.8 Å². The second-order valence-corrected chi connectivity index (χ2v) is 9.96. The number of aryl methyl sites for hydroxylation is 1. The first-order valence-electron chi connectivity index (χ1n) is 13.3. The van der Waals surface area contributed by atoms with Gasteiger partial charge in [-0.15, -0.1) is 0 Å². The highest BCUT2D eigenvalue weighted by Gasteiger charge is 2.26. The van der Waals surface area contributed by atoms with Crippen LogP contribution in [0.5, 0.6) is 0 Å². The number of nitrogens with zero attached hydrogens (tertiary/aromatic N) is 6. The Balaban J connectivity index is 1.30. The molecule has 0 bridgehead atoms. The summed E-state index contributed by atoms with van der Waals surface area (Å²) in [4.78, 5) is 30.6. The van der Waals surface area contributed by atoms with E-state index in [1.807, 2.05) is 19.1 Å². The van der Waals surface area contributed by atoms with Crippen molar-refractivity contribution in [2.75, 3.05) is 36.4 Å². The molecule has 208 valence electrons. The molecule has 9 nitrogen and oxygen atoms in total. The normalized spacial score (nSPS) is 13.8. The van der Waals surface area contributed by atoms with Crippen LogP contribution in [0.25, 0.3) is 22.4 Å². The summed E-state index contributed by atoms with van der Waals surface area (Å²) in [5, 5.41) is 7.56. The molecule has 0 unspecified atom stereocenters. The van der Waals surface area contributed by atoms with Gasteiger partial charge < -0.3 is 19.6 Å². The van der Waals surface area contributed by atoms with E-state index < -0.39 is 17.7 Å². The first-order chi connectivity index (χ1) is 19.9. The zero-order chi connectivity index (χ0) is 28.3. The van der Waals surface area contributed by atoms with E-state index in [4.69, 9.17) is 14.5 Å². The molecule has 0 radical (unpaired) electrons. The lowest BCUT2D eigenvalue weighted by Crippen LogP contribution is -2.38. The van der Waals surface area contributed by atoms with Crippen molar-refractivity contribution >= 4 is 28.6 Å². The molecule has 0 saturated carbocycles. The highest BCUT2D eigenvalue weighted by atomic mass is 19.1. The van der Waals surface area contributed by atoms with E-state index >= 15 is 0 Å². The number of amides is 2. The van der Waals surface area contributed by atoms with Gasteiger partial charge in [-0.05, 0) is 43.2 Å². The predicted molar refractivity (Wildman–Crippen MR) is 151 cm³/mol. The van der Waals surface area contributed by atoms with Gasteiger partial charge in [0, 0.05) is 56.6 Å². The molecule has 4 heterocycles. The quantitative estimate of drug-likeness (QED) is 0.301. The van der Waals surface area contributed by atoms with Crippen LogP contribution in [-0.2, 0) is 6.42 Å². The number of aromatic nitrogens is 4. The summed E-state index contributed by atoms with van der Waals surface area (Å²) in [7, 11) is 0. The van der Waals surface area contributed by atoms with Gasteiger partial charge in [0.05, 0.1) is 5.69 Å². The molecule has 0 atom stereocenters. The smallest absolute Gasteiger partial charge is 0.321 e. The van der Waals surface area contributed by atoms with Crippen LogP contribution in [0.1, 0.15) is 23.4 Å². The Hall–Kier alpha value is -4.93. The monoisotopic (exact) mass is 555 g/mol. The van der Waals surface area contributed by atoms with Gasteiger partial charge in [-0.25, -0.2) is 18.6 Å². The number of hydrogen-bond donors (Lipinski definition) is 1. The number of anilines is 2. The lowest BCUT2D eigenvalue weighted by Gasteiger charge is -2.24. The van der Waals surface area contributed by atoms with Crippen molar-refractivity contribution in [3.8, 4) is 11.3 Å². The van der Waals surface area contributed by atoms with Crippen LogP contribution in [-0.4, -0.2) is 57.2 Å². The summed E-state index contributed by atoms with van der Waals surface area (Å²) in [5.41, 5.74) is 3.92. The van der Waals surface area contributed by atoms with Crippen LogP contribution in [0.2, 0.25) is 0 Å². The molecular formula is C30H27F2N7O2. The van der Waals surface area contributed by atoms with Crippen LogP contribution in [0.15, 0.2) is 71.5 Å². The number of fused-ring (bicyclic) bond motifs is 1. The molecule has 11 heteroatoms. The van der Waals surface area contributed by atoms with Gasteiger partial charge in [0.1, 0.15) is 34.4 Å². The fourth-order valence-corrected chi connectivity index (χ4v) is 4.89. The number of rotatable bonds is 5. The second-order valence-electron chi connectivity index (χ2n) is 9.96. The number of urea groups is 1. The minimum atomic E-state index is -0.824. The molecule has 0 spiro atoms. The summed E-state index contributed by atoms with van der Waals surface area (Å²) >= 11 is 0. The van der Waals surface area contributed by atoms with E-state index in [2.05, 4.69) is 44.6 Å². The number of halogens is 2. The molecule has 1 aliphatic rings. The maximum absolute atomic E-state index is 14.1. The second kappa shape index (κ2) is 11.3. The maximum Gasteiger partial charge on any atom is 0.321 e. The topological polar surface area (TPSA) is 100 Å². The first kappa shape index (κ1) is 26.3. The molecule has 1 N–H and O–H groups in total. The molecule has 0 aliphatic carbocycles. The van der Waals surface area contributed by atoms with Crippen molar-refractivity contribution in [1.82, 2.24) is 25.0 Å². The van der Waals surface area contributed by atoms with Gasteiger partial charge in [-0.3, -0.25) is 4.98 Å². The molecule has 5 aromatic rings. The predicted octanol–water partition coefficient (Wildman–Crippen LogP) is 5.60. The number of pyridine rings is 1. The van der Waals surface area contributed by atoms with Crippen molar-refractivity contribution in [3.05, 3.63) is 95.6 Å². The Kier molecular flexibility index (Phi) is 7.24. The standard InChI is InChI=1S/C30H27F2N7O2/c1-19-5-7-20(8-6-19)16-25-35-28(26-27(37-41-29(26)36-25)21-4-2-11-33-18-21)38-12-3-13-39(15-14-38)30(40)34-24-10-9-22(31)17-23(24)32/h2,4-11,17-18H,3,12-16H2,1H3,(H,34,40). The minimum absolute atomic E-state index is 0.0682. The Morgan fingerprint density at radius 2 is 1.88 bits per heavy atom. The molecule has 3 aromatic heterocycles. The molecule has 2 amide bonds. The van der Waals surface area contributed by atoms with Gasteiger partial charge >= 0.3 is 6.03 Å². The third kappa shape index (κ3) is 5.69. The van der Waals surface area contributed by atoms with E-state index in [0.717, 1.165) is 23.3 Å². The van der Waals surface area contributed by atoms with Crippen molar-refractivity contribution in [2.24, 2.45) is 0 Å². The average Bonchev–Trinajstić information content (AvgIpc) is 3.24. The van der Waals surface area contributed by atoms with Gasteiger partial charge in [0.2, 0.25) is 0 Å². The van der Waals surface area contributed by atoms with Gasteiger partial charge in [-0.2, -0.15) is 4.98 Å². The Morgan fingerprint density at radius 3 is 2.66 bits per heavy atom. The summed E-state index contributed by atoms with van der Waals surface area (Å²) in [6.07, 6.45) is 4.56. The summed E-state index contributed by atoms with van der Waals surface area (Å²) in [5.74, 6) is -0.266. The van der Waals surface area contributed by atoms with E-state index in [1.54, 1.807) is 17.3 Å². The molecule has 2 aromatic carbocycles. The Labute approximate surface area is 234 Å². The highest BCUT2D eigenvalue weighted by molar-refractivity contribution is 5.98. The third-order valence-corrected chi connectivity index (χ3v) is 7.04. The Bertz CT molecular complexity index is 1690. The largest absolute Gasteiger partial charge is 0.354 e. The van der Waals surface area contributed by atoms with Crippen LogP contribution >= 0.6 is 0 Å². The van der Waals surface area contributed by atoms with E-state index in [1.165, 1.54) is 11.6 Å².